The van der Waals surface area contributed by atoms with Crippen molar-refractivity contribution in [3.63, 3.8) is 0 Å². The molecule has 0 radical (unpaired) electrons. The molecule has 0 unspecified atom stereocenters. The number of hydrogen-bond acceptors (Lipinski definition) is 6. The van der Waals surface area contributed by atoms with Gasteiger partial charge < -0.3 is 15.2 Å². The lowest BCUT2D eigenvalue weighted by Crippen LogP contribution is -2.24. The molecule has 0 bridgehead atoms. The average molecular weight is 461 g/mol. The van der Waals surface area contributed by atoms with Gasteiger partial charge in [-0.25, -0.2) is 5.43 Å². The van der Waals surface area contributed by atoms with Crippen molar-refractivity contribution in [2.24, 2.45) is 5.10 Å². The number of amides is 1. The molecule has 1 amide bonds. The van der Waals surface area contributed by atoms with Crippen LogP contribution in [-0.2, 0) is 11.3 Å². The number of halogens is 2. The van der Waals surface area contributed by atoms with Gasteiger partial charge in [0.05, 0.1) is 32.0 Å². The fourth-order valence-electron chi connectivity index (χ4n) is 1.75. The highest BCUT2D eigenvalue weighted by Crippen LogP contribution is 2.32. The van der Waals surface area contributed by atoms with Crippen LogP contribution in [0.25, 0.3) is 0 Å². The number of hydrazone groups is 1. The molecule has 1 aromatic carbocycles. The molecule has 1 heterocycles. The van der Waals surface area contributed by atoms with Gasteiger partial charge in [-0.05, 0) is 61.4 Å². The Hall–Kier alpha value is -2.27. The highest BCUT2D eigenvalue weighted by molar-refractivity contribution is 9.11. The Bertz CT molecular complexity index is 811. The lowest BCUT2D eigenvalue weighted by molar-refractivity contribution is -0.389. The van der Waals surface area contributed by atoms with E-state index in [-0.39, 0.29) is 18.1 Å². The summed E-state index contributed by atoms with van der Waals surface area (Å²) in [6.07, 6.45) is 1.39. The van der Waals surface area contributed by atoms with Gasteiger partial charge in [0.2, 0.25) is 0 Å². The highest BCUT2D eigenvalue weighted by atomic mass is 79.9. The number of nitrogens with one attached hydrogen (secondary N) is 1. The molecule has 0 atom stereocenters. The van der Waals surface area contributed by atoms with E-state index in [0.717, 1.165) is 0 Å². The molecule has 126 valence electrons. The quantitative estimate of drug-likeness (QED) is 0.403. The number of nitro groups is 1. The van der Waals surface area contributed by atoms with Crippen LogP contribution in [-0.4, -0.2) is 31.9 Å². The standard InChI is InChI=1S/C13H11Br2N5O4/c1-7-2-11(20(23)24)18-19(7)6-12(21)17-16-5-8-3-9(14)13(22)10(15)4-8/h2-5,22H,6H2,1H3,(H,17,21). The van der Waals surface area contributed by atoms with Gasteiger partial charge in [0.25, 0.3) is 5.91 Å². The van der Waals surface area contributed by atoms with Gasteiger partial charge in [0.15, 0.2) is 0 Å². The summed E-state index contributed by atoms with van der Waals surface area (Å²) < 4.78 is 2.17. The Balaban J connectivity index is 1.99. The van der Waals surface area contributed by atoms with Gasteiger partial charge in [0.1, 0.15) is 12.3 Å². The van der Waals surface area contributed by atoms with Crippen LogP contribution in [0.3, 0.4) is 0 Å². The minimum absolute atomic E-state index is 0.0620. The molecule has 24 heavy (non-hydrogen) atoms. The second kappa shape index (κ2) is 7.53. The Morgan fingerprint density at radius 1 is 1.46 bits per heavy atom. The summed E-state index contributed by atoms with van der Waals surface area (Å²) in [5.74, 6) is -0.737. The maximum Gasteiger partial charge on any atom is 0.390 e. The summed E-state index contributed by atoms with van der Waals surface area (Å²) in [5, 5.41) is 27.8. The number of aromatic hydroxyl groups is 1. The van der Waals surface area contributed by atoms with Crippen LogP contribution in [0.5, 0.6) is 5.75 Å². The van der Waals surface area contributed by atoms with Crippen LogP contribution >= 0.6 is 31.9 Å². The largest absolute Gasteiger partial charge is 0.506 e. The van der Waals surface area contributed by atoms with E-state index in [0.29, 0.717) is 20.2 Å². The lowest BCUT2D eigenvalue weighted by atomic mass is 10.2. The van der Waals surface area contributed by atoms with Crippen LogP contribution in [0.4, 0.5) is 5.82 Å². The van der Waals surface area contributed by atoms with Crippen LogP contribution in [0.2, 0.25) is 0 Å². The Labute approximate surface area is 152 Å². The van der Waals surface area contributed by atoms with E-state index in [4.69, 9.17) is 0 Å². The number of nitrogens with zero attached hydrogens (tertiary/aromatic N) is 4. The third-order valence-corrected chi connectivity index (χ3v) is 4.10. The third-order valence-electron chi connectivity index (χ3n) is 2.89. The van der Waals surface area contributed by atoms with Crippen molar-refractivity contribution in [3.8, 4) is 5.75 Å². The van der Waals surface area contributed by atoms with Gasteiger partial charge in [-0.15, -0.1) is 0 Å². The molecule has 0 aliphatic carbocycles. The summed E-state index contributed by atoms with van der Waals surface area (Å²) in [4.78, 5) is 21.8. The van der Waals surface area contributed by atoms with E-state index < -0.39 is 10.8 Å². The molecule has 0 spiro atoms. The zero-order valence-corrected chi connectivity index (χ0v) is 15.4. The SMILES string of the molecule is Cc1cc([N+](=O)[O-])nn1CC(=O)NN=Cc1cc(Br)c(O)c(Br)c1. The number of carbonyl (C=O) groups excluding carboxylic acids is 1. The molecule has 0 aliphatic rings. The minimum Gasteiger partial charge on any atom is -0.506 e. The van der Waals surface area contributed by atoms with Crippen molar-refractivity contribution < 1.29 is 14.8 Å². The van der Waals surface area contributed by atoms with Crippen molar-refractivity contribution in [1.82, 2.24) is 15.2 Å². The highest BCUT2D eigenvalue weighted by Gasteiger charge is 2.17. The number of phenolic OH excluding ortho intramolecular Hbond substituents is 1. The molecule has 1 aromatic heterocycles. The molecule has 9 nitrogen and oxygen atoms in total. The normalized spacial score (nSPS) is 11.0. The lowest BCUT2D eigenvalue weighted by Gasteiger charge is -2.02. The monoisotopic (exact) mass is 459 g/mol. The average Bonchev–Trinajstić information content (AvgIpc) is 2.86. The van der Waals surface area contributed by atoms with E-state index in [1.165, 1.54) is 17.0 Å². The van der Waals surface area contributed by atoms with Crippen molar-refractivity contribution in [1.29, 1.82) is 0 Å². The maximum absolute atomic E-state index is 11.8. The second-order valence-electron chi connectivity index (χ2n) is 4.69. The molecular formula is C13H11Br2N5O4. The predicted molar refractivity (Wildman–Crippen MR) is 92.9 cm³/mol. The molecule has 2 rings (SSSR count). The van der Waals surface area contributed by atoms with E-state index in [2.05, 4.69) is 47.5 Å². The summed E-state index contributed by atoms with van der Waals surface area (Å²) in [6.45, 7) is 1.42. The molecule has 2 N–H and O–H groups in total. The molecular weight excluding hydrogens is 450 g/mol. The second-order valence-corrected chi connectivity index (χ2v) is 6.39. The molecule has 0 saturated heterocycles. The third kappa shape index (κ3) is 4.38. The first-order valence-corrected chi connectivity index (χ1v) is 8.05. The minimum atomic E-state index is -0.625. The Kier molecular flexibility index (Phi) is 5.67. The van der Waals surface area contributed by atoms with Gasteiger partial charge in [-0.2, -0.15) is 9.78 Å². The summed E-state index contributed by atoms with van der Waals surface area (Å²) in [5.41, 5.74) is 3.44. The number of carbonyl (C=O) groups is 1. The topological polar surface area (TPSA) is 123 Å². The van der Waals surface area contributed by atoms with Gasteiger partial charge >= 0.3 is 5.82 Å². The van der Waals surface area contributed by atoms with E-state index >= 15 is 0 Å². The predicted octanol–water partition coefficient (Wildman–Crippen LogP) is 2.48. The fourth-order valence-corrected chi connectivity index (χ4v) is 2.97. The number of rotatable bonds is 5. The maximum atomic E-state index is 11.8. The first kappa shape index (κ1) is 18.1. The van der Waals surface area contributed by atoms with Crippen LogP contribution in [0, 0.1) is 17.0 Å². The van der Waals surface area contributed by atoms with E-state index in [1.54, 1.807) is 19.1 Å². The number of phenols is 1. The number of hydrogen-bond donors (Lipinski definition) is 2. The van der Waals surface area contributed by atoms with Crippen molar-refractivity contribution in [3.05, 3.63) is 48.5 Å². The zero-order valence-electron chi connectivity index (χ0n) is 12.2. The summed E-state index contributed by atoms with van der Waals surface area (Å²) in [6, 6.07) is 4.52. The van der Waals surface area contributed by atoms with Crippen molar-refractivity contribution in [2.45, 2.75) is 13.5 Å². The van der Waals surface area contributed by atoms with Crippen molar-refractivity contribution in [2.75, 3.05) is 0 Å². The fraction of sp³-hybridized carbons (Fsp3) is 0.154. The Morgan fingerprint density at radius 2 is 2.08 bits per heavy atom. The number of aromatic nitrogens is 2. The smallest absolute Gasteiger partial charge is 0.390 e. The first-order valence-electron chi connectivity index (χ1n) is 6.46. The van der Waals surface area contributed by atoms with Crippen LogP contribution in [0.15, 0.2) is 32.2 Å². The molecule has 0 fully saturated rings. The number of benzene rings is 1. The molecule has 2 aromatic rings. The first-order chi connectivity index (χ1) is 11.3. The van der Waals surface area contributed by atoms with Crippen LogP contribution < -0.4 is 5.43 Å². The molecule has 0 saturated carbocycles. The van der Waals surface area contributed by atoms with Gasteiger partial charge in [0, 0.05) is 0 Å². The van der Waals surface area contributed by atoms with Gasteiger partial charge in [-0.1, -0.05) is 0 Å². The molecule has 11 heteroatoms. The van der Waals surface area contributed by atoms with Crippen molar-refractivity contribution >= 4 is 49.8 Å². The van der Waals surface area contributed by atoms with Gasteiger partial charge in [-0.3, -0.25) is 4.79 Å². The van der Waals surface area contributed by atoms with E-state index in [9.17, 15) is 20.0 Å². The van der Waals surface area contributed by atoms with Crippen LogP contribution in [0.1, 0.15) is 11.3 Å². The zero-order chi connectivity index (χ0) is 17.9. The summed E-state index contributed by atoms with van der Waals surface area (Å²) in [7, 11) is 0. The molecule has 0 aliphatic heterocycles. The summed E-state index contributed by atoms with van der Waals surface area (Å²) >= 11 is 6.38. The van der Waals surface area contributed by atoms with E-state index in [1.807, 2.05) is 0 Å². The number of aryl methyl sites for hydroxylation is 1. The Morgan fingerprint density at radius 3 is 2.62 bits per heavy atom.